The lowest BCUT2D eigenvalue weighted by atomic mass is 10.1. The highest BCUT2D eigenvalue weighted by Crippen LogP contribution is 2.19. The Kier molecular flexibility index (Phi) is 6.08. The molecule has 0 radical (unpaired) electrons. The first-order valence-electron chi connectivity index (χ1n) is 8.70. The fourth-order valence-electron chi connectivity index (χ4n) is 2.54. The average Bonchev–Trinajstić information content (AvgIpc) is 2.72. The molecule has 29 heavy (non-hydrogen) atoms. The van der Waals surface area contributed by atoms with Gasteiger partial charge in [-0.15, -0.1) is 10.2 Å². The molecule has 1 N–H and O–H groups in total. The van der Waals surface area contributed by atoms with Gasteiger partial charge in [-0.1, -0.05) is 6.07 Å². The minimum atomic E-state index is -0.524. The van der Waals surface area contributed by atoms with Crippen molar-refractivity contribution >= 4 is 11.6 Å². The van der Waals surface area contributed by atoms with E-state index in [1.54, 1.807) is 31.2 Å². The minimum Gasteiger partial charge on any atom is -0.475 e. The summed E-state index contributed by atoms with van der Waals surface area (Å²) < 4.78 is 18.4. The van der Waals surface area contributed by atoms with E-state index in [1.165, 1.54) is 30.3 Å². The molecule has 1 aromatic heterocycles. The molecule has 8 nitrogen and oxygen atoms in total. The smallest absolute Gasteiger partial charge is 0.273 e. The Bertz CT molecular complexity index is 1020. The number of amides is 1. The Labute approximate surface area is 165 Å². The number of nitrogens with one attached hydrogen (secondary N) is 1. The quantitative estimate of drug-likeness (QED) is 0.373. The number of aromatic nitrogens is 2. The molecular formula is C20H17FN4O4. The SMILES string of the molecule is Cc1ccc(C(=O)NCCOc2ccc(-c3ccc(F)cc3)nn2)cc1[N+](=O)[O-]. The van der Waals surface area contributed by atoms with Gasteiger partial charge < -0.3 is 10.1 Å². The number of nitrogens with zero attached hydrogens (tertiary/aromatic N) is 3. The highest BCUT2D eigenvalue weighted by Gasteiger charge is 2.14. The van der Waals surface area contributed by atoms with Crippen molar-refractivity contribution in [3.63, 3.8) is 0 Å². The number of nitro groups is 1. The number of benzene rings is 2. The van der Waals surface area contributed by atoms with E-state index in [-0.39, 0.29) is 36.1 Å². The lowest BCUT2D eigenvalue weighted by Crippen LogP contribution is -2.28. The van der Waals surface area contributed by atoms with Gasteiger partial charge in [-0.05, 0) is 43.3 Å². The lowest BCUT2D eigenvalue weighted by Gasteiger charge is -2.08. The Morgan fingerprint density at radius 2 is 1.90 bits per heavy atom. The Balaban J connectivity index is 1.50. The monoisotopic (exact) mass is 396 g/mol. The molecule has 148 valence electrons. The first-order valence-corrected chi connectivity index (χ1v) is 8.70. The third-order valence-corrected chi connectivity index (χ3v) is 4.09. The number of halogens is 1. The van der Waals surface area contributed by atoms with Crippen molar-refractivity contribution in [3.8, 4) is 17.1 Å². The Hall–Kier alpha value is -3.88. The molecule has 0 aliphatic heterocycles. The van der Waals surface area contributed by atoms with Gasteiger partial charge in [0.2, 0.25) is 5.88 Å². The molecule has 0 atom stereocenters. The molecule has 1 heterocycles. The summed E-state index contributed by atoms with van der Waals surface area (Å²) in [6.45, 7) is 1.93. The summed E-state index contributed by atoms with van der Waals surface area (Å²) in [6, 6.07) is 13.5. The average molecular weight is 396 g/mol. The van der Waals surface area contributed by atoms with Crippen molar-refractivity contribution in [2.45, 2.75) is 6.92 Å². The van der Waals surface area contributed by atoms with E-state index < -0.39 is 10.8 Å². The maximum absolute atomic E-state index is 13.0. The van der Waals surface area contributed by atoms with Crippen LogP contribution in [0.4, 0.5) is 10.1 Å². The van der Waals surface area contributed by atoms with Crippen molar-refractivity contribution in [2.24, 2.45) is 0 Å². The number of hydrogen-bond acceptors (Lipinski definition) is 6. The Morgan fingerprint density at radius 3 is 2.55 bits per heavy atom. The maximum atomic E-state index is 13.0. The largest absolute Gasteiger partial charge is 0.475 e. The molecule has 3 aromatic rings. The minimum absolute atomic E-state index is 0.106. The van der Waals surface area contributed by atoms with E-state index in [0.717, 1.165) is 5.56 Å². The first kappa shape index (κ1) is 19.9. The molecule has 9 heteroatoms. The molecule has 0 saturated carbocycles. The van der Waals surface area contributed by atoms with Crippen molar-refractivity contribution in [3.05, 3.63) is 81.7 Å². The van der Waals surface area contributed by atoms with Crippen LogP contribution < -0.4 is 10.1 Å². The van der Waals surface area contributed by atoms with Crippen LogP contribution in [-0.2, 0) is 0 Å². The molecule has 0 saturated heterocycles. The normalized spacial score (nSPS) is 10.4. The van der Waals surface area contributed by atoms with Crippen LogP contribution in [0.25, 0.3) is 11.3 Å². The van der Waals surface area contributed by atoms with Crippen LogP contribution in [0.5, 0.6) is 5.88 Å². The van der Waals surface area contributed by atoms with Gasteiger partial charge in [0.15, 0.2) is 0 Å². The van der Waals surface area contributed by atoms with Gasteiger partial charge >= 0.3 is 0 Å². The summed E-state index contributed by atoms with van der Waals surface area (Å²) in [6.07, 6.45) is 0. The van der Waals surface area contributed by atoms with E-state index in [0.29, 0.717) is 11.3 Å². The molecular weight excluding hydrogens is 379 g/mol. The summed E-state index contributed by atoms with van der Waals surface area (Å²) in [5, 5.41) is 21.6. The van der Waals surface area contributed by atoms with Gasteiger partial charge in [-0.2, -0.15) is 0 Å². The first-order chi connectivity index (χ1) is 13.9. The molecule has 2 aromatic carbocycles. The third kappa shape index (κ3) is 5.10. The van der Waals surface area contributed by atoms with E-state index in [4.69, 9.17) is 4.74 Å². The fraction of sp³-hybridized carbons (Fsp3) is 0.150. The van der Waals surface area contributed by atoms with Crippen molar-refractivity contribution in [2.75, 3.05) is 13.2 Å². The molecule has 0 fully saturated rings. The van der Waals surface area contributed by atoms with Crippen LogP contribution in [0.3, 0.4) is 0 Å². The summed E-state index contributed by atoms with van der Waals surface area (Å²) in [7, 11) is 0. The zero-order valence-electron chi connectivity index (χ0n) is 15.5. The van der Waals surface area contributed by atoms with E-state index in [2.05, 4.69) is 15.5 Å². The van der Waals surface area contributed by atoms with Gasteiger partial charge in [-0.25, -0.2) is 4.39 Å². The van der Waals surface area contributed by atoms with E-state index in [1.807, 2.05) is 0 Å². The number of nitro benzene ring substituents is 1. The summed E-state index contributed by atoms with van der Waals surface area (Å²) in [5.41, 5.74) is 1.88. The van der Waals surface area contributed by atoms with E-state index in [9.17, 15) is 19.3 Å². The van der Waals surface area contributed by atoms with Crippen LogP contribution >= 0.6 is 0 Å². The molecule has 0 aliphatic rings. The van der Waals surface area contributed by atoms with Gasteiger partial charge in [-0.3, -0.25) is 14.9 Å². The third-order valence-electron chi connectivity index (χ3n) is 4.09. The number of hydrogen-bond donors (Lipinski definition) is 1. The predicted molar refractivity (Wildman–Crippen MR) is 103 cm³/mol. The van der Waals surface area contributed by atoms with Crippen LogP contribution in [0, 0.1) is 22.9 Å². The lowest BCUT2D eigenvalue weighted by molar-refractivity contribution is -0.385. The maximum Gasteiger partial charge on any atom is 0.273 e. The molecule has 0 aliphatic carbocycles. The number of aryl methyl sites for hydroxylation is 1. The number of carbonyl (C=O) groups excluding carboxylic acids is 1. The molecule has 0 spiro atoms. The number of rotatable bonds is 7. The Morgan fingerprint density at radius 1 is 1.14 bits per heavy atom. The van der Waals surface area contributed by atoms with Crippen molar-refractivity contribution < 1.29 is 18.8 Å². The van der Waals surface area contributed by atoms with Gasteiger partial charge in [0.25, 0.3) is 11.6 Å². The van der Waals surface area contributed by atoms with Gasteiger partial charge in [0.05, 0.1) is 17.2 Å². The fourth-order valence-corrected chi connectivity index (χ4v) is 2.54. The zero-order valence-corrected chi connectivity index (χ0v) is 15.5. The van der Waals surface area contributed by atoms with Gasteiger partial charge in [0, 0.05) is 28.8 Å². The standard InChI is InChI=1S/C20H17FN4O4/c1-13-2-3-15(12-18(13)25(27)28)20(26)22-10-11-29-19-9-8-17(23-24-19)14-4-6-16(21)7-5-14/h2-9,12H,10-11H2,1H3,(H,22,26). The number of carbonyl (C=O) groups is 1. The van der Waals surface area contributed by atoms with Crippen LogP contribution in [-0.4, -0.2) is 34.2 Å². The topological polar surface area (TPSA) is 107 Å². The summed E-state index contributed by atoms with van der Waals surface area (Å²) in [4.78, 5) is 22.6. The molecule has 0 unspecified atom stereocenters. The summed E-state index contributed by atoms with van der Waals surface area (Å²) >= 11 is 0. The molecule has 3 rings (SSSR count). The zero-order chi connectivity index (χ0) is 20.8. The predicted octanol–water partition coefficient (Wildman–Crippen LogP) is 3.31. The van der Waals surface area contributed by atoms with Crippen LogP contribution in [0.2, 0.25) is 0 Å². The summed E-state index contributed by atoms with van der Waals surface area (Å²) in [5.74, 6) is -0.491. The van der Waals surface area contributed by atoms with Crippen LogP contribution in [0.1, 0.15) is 15.9 Å². The van der Waals surface area contributed by atoms with Gasteiger partial charge in [0.1, 0.15) is 12.4 Å². The second-order valence-corrected chi connectivity index (χ2v) is 6.13. The molecule has 0 bridgehead atoms. The number of ether oxygens (including phenoxy) is 1. The second-order valence-electron chi connectivity index (χ2n) is 6.13. The molecule has 1 amide bonds. The van der Waals surface area contributed by atoms with E-state index >= 15 is 0 Å². The second kappa shape index (κ2) is 8.87. The van der Waals surface area contributed by atoms with Crippen molar-refractivity contribution in [1.29, 1.82) is 0 Å². The van der Waals surface area contributed by atoms with Crippen LogP contribution in [0.15, 0.2) is 54.6 Å². The van der Waals surface area contributed by atoms with Crippen molar-refractivity contribution in [1.82, 2.24) is 15.5 Å². The highest BCUT2D eigenvalue weighted by molar-refractivity contribution is 5.94. The highest BCUT2D eigenvalue weighted by atomic mass is 19.1.